The van der Waals surface area contributed by atoms with Crippen LogP contribution in [0.3, 0.4) is 0 Å². The number of hydrogen-bond donors (Lipinski definition) is 1. The second-order valence-electron chi connectivity index (χ2n) is 4.99. The van der Waals surface area contributed by atoms with Crippen molar-refractivity contribution in [1.82, 2.24) is 14.1 Å². The maximum absolute atomic E-state index is 12.0. The Labute approximate surface area is 152 Å². The number of halogens is 2. The zero-order valence-corrected chi connectivity index (χ0v) is 14.4. The topological polar surface area (TPSA) is 98.9 Å². The van der Waals surface area contributed by atoms with Gasteiger partial charge in [-0.25, -0.2) is 9.78 Å². The van der Waals surface area contributed by atoms with Gasteiger partial charge in [-0.2, -0.15) is 5.26 Å². The minimum atomic E-state index is -0.632. The smallest absolute Gasteiger partial charge is 0.357 e. The van der Waals surface area contributed by atoms with Gasteiger partial charge in [0.15, 0.2) is 16.0 Å². The molecule has 9 heteroatoms. The molecular formula is C16H11Cl2N5O2. The molecule has 0 unspecified atom stereocenters. The molecule has 0 aliphatic heterocycles. The zero-order valence-electron chi connectivity index (χ0n) is 12.9. The molecule has 0 amide bonds. The van der Waals surface area contributed by atoms with E-state index in [1.54, 1.807) is 28.8 Å². The number of anilines is 1. The van der Waals surface area contributed by atoms with Crippen LogP contribution >= 0.6 is 23.2 Å². The first kappa shape index (κ1) is 16.9. The lowest BCUT2D eigenvalue weighted by molar-refractivity contribution is 0.0593. The van der Waals surface area contributed by atoms with E-state index in [-0.39, 0.29) is 22.1 Å². The Hall–Kier alpha value is -2.95. The lowest BCUT2D eigenvalue weighted by atomic mass is 10.2. The lowest BCUT2D eigenvalue weighted by Gasteiger charge is -2.10. The monoisotopic (exact) mass is 375 g/mol. The van der Waals surface area contributed by atoms with E-state index in [1.807, 2.05) is 6.07 Å². The van der Waals surface area contributed by atoms with Crippen molar-refractivity contribution >= 4 is 34.9 Å². The Kier molecular flexibility index (Phi) is 4.40. The molecule has 0 radical (unpaired) electrons. The highest BCUT2D eigenvalue weighted by molar-refractivity contribution is 6.40. The number of rotatable bonds is 3. The van der Waals surface area contributed by atoms with Crippen LogP contribution in [0.15, 0.2) is 36.8 Å². The number of nitrogens with zero attached hydrogens (tertiary/aromatic N) is 4. The summed E-state index contributed by atoms with van der Waals surface area (Å²) in [5.41, 5.74) is 7.59. The molecule has 25 heavy (non-hydrogen) atoms. The van der Waals surface area contributed by atoms with Crippen molar-refractivity contribution in [3.05, 3.63) is 58.4 Å². The highest BCUT2D eigenvalue weighted by Gasteiger charge is 2.21. The summed E-state index contributed by atoms with van der Waals surface area (Å²) in [6.45, 7) is 0. The molecule has 0 atom stereocenters. The Morgan fingerprint density at radius 3 is 2.32 bits per heavy atom. The largest absolute Gasteiger partial charge is 0.464 e. The van der Waals surface area contributed by atoms with Crippen molar-refractivity contribution in [2.75, 3.05) is 12.8 Å². The van der Waals surface area contributed by atoms with E-state index >= 15 is 0 Å². The van der Waals surface area contributed by atoms with Gasteiger partial charge in [0, 0.05) is 17.6 Å². The van der Waals surface area contributed by atoms with E-state index in [4.69, 9.17) is 38.9 Å². The molecule has 2 aromatic heterocycles. The predicted octanol–water partition coefficient (Wildman–Crippen LogP) is 3.21. The number of nitrogen functional groups attached to an aromatic ring is 1. The molecule has 3 rings (SSSR count). The van der Waals surface area contributed by atoms with Crippen LogP contribution in [0.2, 0.25) is 10.3 Å². The third-order valence-electron chi connectivity index (χ3n) is 3.62. The van der Waals surface area contributed by atoms with E-state index < -0.39 is 5.97 Å². The Morgan fingerprint density at radius 2 is 1.84 bits per heavy atom. The maximum Gasteiger partial charge on any atom is 0.357 e. The first-order valence-corrected chi connectivity index (χ1v) is 7.72. The van der Waals surface area contributed by atoms with Gasteiger partial charge in [0.25, 0.3) is 0 Å². The summed E-state index contributed by atoms with van der Waals surface area (Å²) in [6, 6.07) is 8.97. The molecule has 0 aliphatic rings. The summed E-state index contributed by atoms with van der Waals surface area (Å²) in [5.74, 6) is -0.632. The number of carbonyl (C=O) groups is 1. The summed E-state index contributed by atoms with van der Waals surface area (Å²) in [7, 11) is 1.25. The van der Waals surface area contributed by atoms with Crippen LogP contribution in [0.1, 0.15) is 16.1 Å². The van der Waals surface area contributed by atoms with E-state index in [0.29, 0.717) is 10.8 Å². The molecule has 0 spiro atoms. The van der Waals surface area contributed by atoms with Crippen molar-refractivity contribution < 1.29 is 9.53 Å². The summed E-state index contributed by atoms with van der Waals surface area (Å²) < 4.78 is 7.87. The maximum atomic E-state index is 12.0. The van der Waals surface area contributed by atoms with Crippen LogP contribution < -0.4 is 5.73 Å². The van der Waals surface area contributed by atoms with Crippen molar-refractivity contribution in [1.29, 1.82) is 5.26 Å². The number of benzene rings is 1. The van der Waals surface area contributed by atoms with Crippen LogP contribution in [0.5, 0.6) is 0 Å². The predicted molar refractivity (Wildman–Crippen MR) is 93.4 cm³/mol. The second kappa shape index (κ2) is 6.51. The van der Waals surface area contributed by atoms with E-state index in [2.05, 4.69) is 4.98 Å². The van der Waals surface area contributed by atoms with Crippen molar-refractivity contribution in [2.24, 2.45) is 0 Å². The molecule has 2 heterocycles. The number of esters is 1. The Bertz CT molecular complexity index is 999. The molecule has 7 nitrogen and oxygen atoms in total. The molecule has 0 saturated heterocycles. The highest BCUT2D eigenvalue weighted by atomic mass is 35.5. The molecule has 0 aliphatic carbocycles. The number of carbonyl (C=O) groups excluding carboxylic acids is 1. The number of nitrogens with two attached hydrogens (primary N) is 1. The molecule has 126 valence electrons. The van der Waals surface area contributed by atoms with Crippen molar-refractivity contribution in [3.8, 4) is 17.4 Å². The van der Waals surface area contributed by atoms with Crippen LogP contribution in [-0.4, -0.2) is 27.2 Å². The average Bonchev–Trinajstić information content (AvgIpc) is 3.14. The van der Waals surface area contributed by atoms with E-state index in [0.717, 1.165) is 5.69 Å². The van der Waals surface area contributed by atoms with Gasteiger partial charge in [0.1, 0.15) is 12.4 Å². The average molecular weight is 376 g/mol. The number of methoxy groups -OCH3 is 1. The normalized spacial score (nSPS) is 10.5. The van der Waals surface area contributed by atoms with E-state index in [1.165, 1.54) is 24.2 Å². The van der Waals surface area contributed by atoms with Crippen LogP contribution in [0, 0.1) is 11.3 Å². The molecule has 0 bridgehead atoms. The molecular weight excluding hydrogens is 365 g/mol. The van der Waals surface area contributed by atoms with Crippen LogP contribution in [-0.2, 0) is 4.74 Å². The van der Waals surface area contributed by atoms with Gasteiger partial charge in [-0.3, -0.25) is 4.57 Å². The molecule has 1 aromatic carbocycles. The summed E-state index contributed by atoms with van der Waals surface area (Å²) >= 11 is 11.9. The fourth-order valence-corrected chi connectivity index (χ4v) is 2.71. The van der Waals surface area contributed by atoms with E-state index in [9.17, 15) is 4.79 Å². The standard InChI is InChI=1S/C16H11Cl2N5O2/c1-25-16(24)13-12(20)9(6-19)7-22(13)10-2-4-11(5-3-10)23-8-21-14(17)15(23)18/h2-5,7-8H,20H2,1H3. The summed E-state index contributed by atoms with van der Waals surface area (Å²) in [4.78, 5) is 15.9. The number of imidazole rings is 1. The third kappa shape index (κ3) is 2.82. The van der Waals surface area contributed by atoms with Gasteiger partial charge < -0.3 is 15.0 Å². The van der Waals surface area contributed by atoms with Gasteiger partial charge in [-0.05, 0) is 24.3 Å². The first-order chi connectivity index (χ1) is 12.0. The fraction of sp³-hybridized carbons (Fsp3) is 0.0625. The minimum Gasteiger partial charge on any atom is -0.464 e. The number of aromatic nitrogens is 3. The molecule has 0 saturated carbocycles. The number of hydrogen-bond acceptors (Lipinski definition) is 5. The first-order valence-electron chi connectivity index (χ1n) is 6.96. The summed E-state index contributed by atoms with van der Waals surface area (Å²) in [6.07, 6.45) is 2.98. The van der Waals surface area contributed by atoms with Crippen molar-refractivity contribution in [3.63, 3.8) is 0 Å². The Balaban J connectivity index is 2.08. The summed E-state index contributed by atoms with van der Waals surface area (Å²) in [5, 5.41) is 9.65. The number of nitriles is 1. The van der Waals surface area contributed by atoms with Crippen LogP contribution in [0.25, 0.3) is 11.4 Å². The SMILES string of the molecule is COC(=O)c1c(N)c(C#N)cn1-c1ccc(-n2cnc(Cl)c2Cl)cc1. The minimum absolute atomic E-state index is 0.0721. The highest BCUT2D eigenvalue weighted by Crippen LogP contribution is 2.27. The van der Waals surface area contributed by atoms with Gasteiger partial charge in [0.2, 0.25) is 0 Å². The van der Waals surface area contributed by atoms with Crippen molar-refractivity contribution in [2.45, 2.75) is 0 Å². The molecule has 2 N–H and O–H groups in total. The number of ether oxygens (including phenoxy) is 1. The van der Waals surface area contributed by atoms with Gasteiger partial charge in [-0.15, -0.1) is 0 Å². The molecule has 0 fully saturated rings. The lowest BCUT2D eigenvalue weighted by Crippen LogP contribution is -2.11. The van der Waals surface area contributed by atoms with Gasteiger partial charge >= 0.3 is 5.97 Å². The van der Waals surface area contributed by atoms with Gasteiger partial charge in [0.05, 0.1) is 18.4 Å². The zero-order chi connectivity index (χ0) is 18.1. The molecule has 3 aromatic rings. The fourth-order valence-electron chi connectivity index (χ4n) is 2.38. The second-order valence-corrected chi connectivity index (χ2v) is 5.71. The third-order valence-corrected chi connectivity index (χ3v) is 4.35. The Morgan fingerprint density at radius 1 is 1.24 bits per heavy atom. The van der Waals surface area contributed by atoms with Gasteiger partial charge in [-0.1, -0.05) is 23.2 Å². The quantitative estimate of drug-likeness (QED) is 0.708. The van der Waals surface area contributed by atoms with Crippen LogP contribution in [0.4, 0.5) is 5.69 Å².